The molecule has 1 rings (SSSR count). The lowest BCUT2D eigenvalue weighted by Crippen LogP contribution is -2.36. The van der Waals surface area contributed by atoms with E-state index in [0.717, 1.165) is 12.0 Å². The largest absolute Gasteiger partial charge is 0.445 e. The fourth-order valence-electron chi connectivity index (χ4n) is 1.31. The summed E-state index contributed by atoms with van der Waals surface area (Å²) in [6.07, 6.45) is 5.15. The third-order valence-electron chi connectivity index (χ3n) is 1.99. The van der Waals surface area contributed by atoms with E-state index in [-0.39, 0.29) is 12.7 Å². The van der Waals surface area contributed by atoms with Gasteiger partial charge in [0.05, 0.1) is 12.8 Å². The molecule has 0 aliphatic carbocycles. The van der Waals surface area contributed by atoms with Crippen LogP contribution in [0.25, 0.3) is 0 Å². The van der Waals surface area contributed by atoms with E-state index in [1.54, 1.807) is 4.90 Å². The third kappa shape index (κ3) is 3.46. The topological polar surface area (TPSA) is 62.1 Å². The van der Waals surface area contributed by atoms with Gasteiger partial charge < -0.3 is 14.8 Å². The molecule has 5 nitrogen and oxygen atoms in total. The molecule has 0 aromatic heterocycles. The minimum Gasteiger partial charge on any atom is -0.445 e. The summed E-state index contributed by atoms with van der Waals surface area (Å²) < 4.78 is 4.89. The molecule has 82 valence electrons. The van der Waals surface area contributed by atoms with Crippen LogP contribution in [0.5, 0.6) is 0 Å². The highest BCUT2D eigenvalue weighted by molar-refractivity contribution is 5.80. The molecule has 0 bridgehead atoms. The smallest absolute Gasteiger partial charge is 0.410 e. The van der Waals surface area contributed by atoms with Crippen molar-refractivity contribution in [3.8, 4) is 0 Å². The van der Waals surface area contributed by atoms with Crippen molar-refractivity contribution in [3.63, 3.8) is 0 Å². The van der Waals surface area contributed by atoms with E-state index < -0.39 is 0 Å². The molecule has 0 unspecified atom stereocenters. The fourth-order valence-corrected chi connectivity index (χ4v) is 1.31. The average molecular weight is 210 g/mol. The molecule has 0 saturated heterocycles. The number of rotatable bonds is 3. The van der Waals surface area contributed by atoms with Gasteiger partial charge in [-0.3, -0.25) is 0 Å². The van der Waals surface area contributed by atoms with Crippen LogP contribution >= 0.6 is 0 Å². The summed E-state index contributed by atoms with van der Waals surface area (Å²) in [6, 6.07) is 0. The second-order valence-electron chi connectivity index (χ2n) is 3.10. The van der Waals surface area contributed by atoms with Gasteiger partial charge in [0, 0.05) is 6.54 Å². The van der Waals surface area contributed by atoms with Crippen LogP contribution in [0.4, 0.5) is 4.79 Å². The SMILES string of the molecule is C=CCOC(=O)N1CCC=C(C=NO)C1. The first kappa shape index (κ1) is 11.3. The molecule has 1 aliphatic rings. The lowest BCUT2D eigenvalue weighted by atomic mass is 10.1. The molecule has 0 atom stereocenters. The van der Waals surface area contributed by atoms with Gasteiger partial charge in [0.25, 0.3) is 0 Å². The Morgan fingerprint density at radius 3 is 3.27 bits per heavy atom. The van der Waals surface area contributed by atoms with Gasteiger partial charge in [0.15, 0.2) is 0 Å². The fraction of sp³-hybridized carbons (Fsp3) is 0.400. The lowest BCUT2D eigenvalue weighted by molar-refractivity contribution is 0.115. The Kier molecular flexibility index (Phi) is 4.40. The van der Waals surface area contributed by atoms with Gasteiger partial charge in [0.2, 0.25) is 0 Å². The molecule has 1 amide bonds. The van der Waals surface area contributed by atoms with E-state index in [2.05, 4.69) is 11.7 Å². The van der Waals surface area contributed by atoms with Crippen LogP contribution in [0.15, 0.2) is 29.5 Å². The number of oxime groups is 1. The monoisotopic (exact) mass is 210 g/mol. The second kappa shape index (κ2) is 5.85. The first-order valence-electron chi connectivity index (χ1n) is 4.67. The zero-order valence-electron chi connectivity index (χ0n) is 8.43. The van der Waals surface area contributed by atoms with Crippen LogP contribution in [-0.2, 0) is 4.74 Å². The third-order valence-corrected chi connectivity index (χ3v) is 1.99. The number of amides is 1. The molecule has 1 heterocycles. The molecular weight excluding hydrogens is 196 g/mol. The normalized spacial score (nSPS) is 16.3. The predicted molar refractivity (Wildman–Crippen MR) is 56.1 cm³/mol. The first-order chi connectivity index (χ1) is 7.27. The quantitative estimate of drug-likeness (QED) is 0.331. The molecular formula is C10H14N2O3. The van der Waals surface area contributed by atoms with Crippen LogP contribution in [0.3, 0.4) is 0 Å². The maximum absolute atomic E-state index is 11.4. The number of hydrogen-bond acceptors (Lipinski definition) is 4. The van der Waals surface area contributed by atoms with Gasteiger partial charge >= 0.3 is 6.09 Å². The minimum absolute atomic E-state index is 0.211. The summed E-state index contributed by atoms with van der Waals surface area (Å²) in [5, 5.41) is 11.3. The van der Waals surface area contributed by atoms with Crippen molar-refractivity contribution in [2.75, 3.05) is 19.7 Å². The van der Waals surface area contributed by atoms with Gasteiger partial charge in [-0.2, -0.15) is 0 Å². The zero-order chi connectivity index (χ0) is 11.1. The van der Waals surface area contributed by atoms with Gasteiger partial charge in [-0.25, -0.2) is 4.79 Å². The molecule has 5 heteroatoms. The lowest BCUT2D eigenvalue weighted by Gasteiger charge is -2.24. The van der Waals surface area contributed by atoms with Crippen LogP contribution < -0.4 is 0 Å². The Hall–Kier alpha value is -1.78. The van der Waals surface area contributed by atoms with Crippen molar-refractivity contribution >= 4 is 12.3 Å². The zero-order valence-corrected chi connectivity index (χ0v) is 8.43. The molecule has 1 N–H and O–H groups in total. The van der Waals surface area contributed by atoms with E-state index in [1.807, 2.05) is 6.08 Å². The molecule has 0 saturated carbocycles. The van der Waals surface area contributed by atoms with Crippen molar-refractivity contribution < 1.29 is 14.7 Å². The van der Waals surface area contributed by atoms with Crippen LogP contribution in [0, 0.1) is 0 Å². The highest BCUT2D eigenvalue weighted by Crippen LogP contribution is 2.09. The van der Waals surface area contributed by atoms with Crippen LogP contribution in [0.2, 0.25) is 0 Å². The Bertz CT molecular complexity index is 297. The highest BCUT2D eigenvalue weighted by atomic mass is 16.6. The van der Waals surface area contributed by atoms with E-state index in [4.69, 9.17) is 9.94 Å². The standard InChI is InChI=1S/C10H14N2O3/c1-2-6-15-10(13)12-5-3-4-9(8-12)7-11-14/h2,4,7,14H,1,3,5-6,8H2. The molecule has 0 fully saturated rings. The van der Waals surface area contributed by atoms with Crippen molar-refractivity contribution in [2.45, 2.75) is 6.42 Å². The molecule has 0 aromatic rings. The minimum atomic E-state index is -0.369. The predicted octanol–water partition coefficient (Wildman–Crippen LogP) is 1.40. The van der Waals surface area contributed by atoms with Gasteiger partial charge in [0.1, 0.15) is 6.61 Å². The average Bonchev–Trinajstić information content (AvgIpc) is 2.27. The van der Waals surface area contributed by atoms with E-state index in [9.17, 15) is 4.79 Å². The summed E-state index contributed by atoms with van der Waals surface area (Å²) in [6.45, 7) is 4.71. The summed E-state index contributed by atoms with van der Waals surface area (Å²) in [7, 11) is 0. The van der Waals surface area contributed by atoms with E-state index in [0.29, 0.717) is 13.1 Å². The summed E-state index contributed by atoms with van der Waals surface area (Å²) in [5.74, 6) is 0. The Labute approximate surface area is 88.3 Å². The van der Waals surface area contributed by atoms with Crippen molar-refractivity contribution in [1.82, 2.24) is 4.90 Å². The molecule has 1 aliphatic heterocycles. The summed E-state index contributed by atoms with van der Waals surface area (Å²) in [5.41, 5.74) is 0.805. The molecule has 0 aromatic carbocycles. The Balaban J connectivity index is 2.48. The maximum Gasteiger partial charge on any atom is 0.410 e. The second-order valence-corrected chi connectivity index (χ2v) is 3.10. The number of hydrogen-bond donors (Lipinski definition) is 1. The number of nitrogens with zero attached hydrogens (tertiary/aromatic N) is 2. The van der Waals surface area contributed by atoms with Crippen molar-refractivity contribution in [2.24, 2.45) is 5.16 Å². The van der Waals surface area contributed by atoms with Gasteiger partial charge in [-0.15, -0.1) is 0 Å². The van der Waals surface area contributed by atoms with Gasteiger partial charge in [-0.05, 0) is 12.0 Å². The Morgan fingerprint density at radius 2 is 2.60 bits per heavy atom. The van der Waals surface area contributed by atoms with Crippen LogP contribution in [0.1, 0.15) is 6.42 Å². The number of carbonyl (C=O) groups is 1. The van der Waals surface area contributed by atoms with Gasteiger partial charge in [-0.1, -0.05) is 23.9 Å². The molecule has 15 heavy (non-hydrogen) atoms. The van der Waals surface area contributed by atoms with Crippen LogP contribution in [-0.4, -0.2) is 42.1 Å². The molecule has 0 radical (unpaired) electrons. The van der Waals surface area contributed by atoms with Crippen molar-refractivity contribution in [1.29, 1.82) is 0 Å². The first-order valence-corrected chi connectivity index (χ1v) is 4.67. The Morgan fingerprint density at radius 1 is 1.80 bits per heavy atom. The number of ether oxygens (including phenoxy) is 1. The highest BCUT2D eigenvalue weighted by Gasteiger charge is 2.18. The van der Waals surface area contributed by atoms with Crippen molar-refractivity contribution in [3.05, 3.63) is 24.3 Å². The summed E-state index contributed by atoms with van der Waals surface area (Å²) in [4.78, 5) is 13.0. The molecule has 0 spiro atoms. The van der Waals surface area contributed by atoms with E-state index in [1.165, 1.54) is 12.3 Å². The summed E-state index contributed by atoms with van der Waals surface area (Å²) >= 11 is 0. The van der Waals surface area contributed by atoms with E-state index >= 15 is 0 Å². The number of carbonyl (C=O) groups excluding carboxylic acids is 1. The maximum atomic E-state index is 11.4.